The van der Waals surface area contributed by atoms with Gasteiger partial charge in [0.1, 0.15) is 0 Å². The highest BCUT2D eigenvalue weighted by molar-refractivity contribution is 8.37. The fourth-order valence-electron chi connectivity index (χ4n) is 1.11. The first-order valence-electron chi connectivity index (χ1n) is 4.28. The van der Waals surface area contributed by atoms with E-state index in [9.17, 15) is 13.0 Å². The van der Waals surface area contributed by atoms with Crippen LogP contribution in [-0.4, -0.2) is 8.42 Å². The van der Waals surface area contributed by atoms with Crippen LogP contribution in [0.5, 0.6) is 0 Å². The van der Waals surface area contributed by atoms with Gasteiger partial charge in [-0.05, 0) is 26.1 Å². The smallest absolute Gasteiger partial charge is 0.292 e. The molecular weight excluding hydrogens is 320 g/mol. The molecule has 0 bridgehead atoms. The quantitative estimate of drug-likeness (QED) is 0.775. The molecule has 3 atom stereocenters. The summed E-state index contributed by atoms with van der Waals surface area (Å²) >= 11 is 0. The van der Waals surface area contributed by atoms with Gasteiger partial charge >= 0.3 is 7.60 Å². The molecule has 10 heteroatoms. The summed E-state index contributed by atoms with van der Waals surface area (Å²) in [5, 5.41) is 0. The van der Waals surface area contributed by atoms with Crippen molar-refractivity contribution in [1.82, 2.24) is 0 Å². The molecule has 1 rings (SSSR count). The van der Waals surface area contributed by atoms with Gasteiger partial charge in [0, 0.05) is 18.9 Å². The predicted molar refractivity (Wildman–Crippen MR) is 76.2 cm³/mol. The van der Waals surface area contributed by atoms with Crippen molar-refractivity contribution in [1.29, 1.82) is 0 Å². The third-order valence-corrected chi connectivity index (χ3v) is 7.02. The van der Waals surface area contributed by atoms with Crippen LogP contribution in [0, 0.1) is 0 Å². The Hall–Kier alpha value is 0.610. The molecule has 1 aromatic rings. The predicted octanol–water partition coefficient (Wildman–Crippen LogP) is 2.56. The van der Waals surface area contributed by atoms with Crippen LogP contribution in [0.2, 0.25) is 0 Å². The van der Waals surface area contributed by atoms with Crippen LogP contribution >= 0.6 is 35.0 Å². The van der Waals surface area contributed by atoms with Crippen LogP contribution < -0.4 is 0 Å². The first-order valence-corrected chi connectivity index (χ1v) is 9.91. The van der Waals surface area contributed by atoms with Gasteiger partial charge in [0.05, 0.1) is 11.1 Å². The van der Waals surface area contributed by atoms with E-state index in [2.05, 4.69) is 0 Å². The van der Waals surface area contributed by atoms with Crippen LogP contribution in [0.25, 0.3) is 0 Å². The van der Waals surface area contributed by atoms with E-state index in [1.165, 1.54) is 12.1 Å². The highest BCUT2D eigenvalue weighted by Gasteiger charge is 2.22. The normalized spacial score (nSPS) is 12.6. The van der Waals surface area contributed by atoms with Crippen LogP contribution in [0.15, 0.2) is 29.2 Å². The molecule has 96 valence electrons. The summed E-state index contributed by atoms with van der Waals surface area (Å²) in [6, 6.07) is 6.01. The Morgan fingerprint density at radius 2 is 1.59 bits per heavy atom. The zero-order valence-corrected chi connectivity index (χ0v) is 13.8. The SMILES string of the molecule is O=P(Cc1ccc(S(=O)(=O)P)cc1)(OP)OP. The molecule has 1 aromatic carbocycles. The standard InChI is InChI=1S/C7H12O5P4S/c8-16(11-13,12-14)5-6-1-3-7(4-2-6)17(9,10)15/h1-4H,5,13-15H2. The summed E-state index contributed by atoms with van der Waals surface area (Å²) in [6.07, 6.45) is 0.0667. The van der Waals surface area contributed by atoms with E-state index >= 15 is 0 Å². The molecule has 0 amide bonds. The van der Waals surface area contributed by atoms with E-state index in [1.54, 1.807) is 20.6 Å². The summed E-state index contributed by atoms with van der Waals surface area (Å²) < 4.78 is 43.6. The van der Waals surface area contributed by atoms with Gasteiger partial charge in [0.2, 0.25) is 0 Å². The fraction of sp³-hybridized carbons (Fsp3) is 0.143. The van der Waals surface area contributed by atoms with Gasteiger partial charge < -0.3 is 0 Å². The van der Waals surface area contributed by atoms with Gasteiger partial charge in [0.25, 0.3) is 0 Å². The van der Waals surface area contributed by atoms with Crippen LogP contribution in [0.3, 0.4) is 0 Å². The molecule has 0 fully saturated rings. The number of hydrogen-bond donors (Lipinski definition) is 0. The Bertz CT molecular complexity index is 518. The molecule has 0 spiro atoms. The summed E-state index contributed by atoms with van der Waals surface area (Å²) in [5.41, 5.74) is 0.663. The average molecular weight is 332 g/mol. The average Bonchev–Trinajstić information content (AvgIpc) is 2.28. The van der Waals surface area contributed by atoms with Crippen LogP contribution in [0.1, 0.15) is 5.56 Å². The summed E-state index contributed by atoms with van der Waals surface area (Å²) in [7, 11) is -0.935. The van der Waals surface area contributed by atoms with Crippen molar-refractivity contribution in [2.75, 3.05) is 0 Å². The summed E-state index contributed by atoms with van der Waals surface area (Å²) in [5.74, 6) is 0. The molecule has 0 aliphatic carbocycles. The Morgan fingerprint density at radius 1 is 1.12 bits per heavy atom. The Morgan fingerprint density at radius 3 is 1.94 bits per heavy atom. The van der Waals surface area contributed by atoms with Gasteiger partial charge in [0.15, 0.2) is 9.46 Å². The van der Waals surface area contributed by atoms with Crippen molar-refractivity contribution in [3.8, 4) is 0 Å². The Balaban J connectivity index is 2.93. The summed E-state index contributed by atoms with van der Waals surface area (Å²) in [4.78, 5) is 0.180. The minimum Gasteiger partial charge on any atom is -0.292 e. The Labute approximate surface area is 107 Å². The molecule has 0 saturated heterocycles. The van der Waals surface area contributed by atoms with E-state index in [4.69, 9.17) is 8.62 Å². The molecular formula is C7H12O5P4S. The first kappa shape index (κ1) is 15.7. The lowest BCUT2D eigenvalue weighted by Gasteiger charge is -2.12. The van der Waals surface area contributed by atoms with Crippen molar-refractivity contribution < 1.29 is 21.6 Å². The molecule has 0 aliphatic heterocycles. The summed E-state index contributed by atoms with van der Waals surface area (Å²) in [6.45, 7) is 0. The van der Waals surface area contributed by atoms with E-state index in [0.717, 1.165) is 0 Å². The van der Waals surface area contributed by atoms with Gasteiger partial charge in [-0.1, -0.05) is 12.1 Å². The van der Waals surface area contributed by atoms with Crippen molar-refractivity contribution in [3.63, 3.8) is 0 Å². The maximum Gasteiger partial charge on any atom is 0.340 e. The monoisotopic (exact) mass is 332 g/mol. The minimum atomic E-state index is -3.30. The molecule has 0 radical (unpaired) electrons. The highest BCUT2D eigenvalue weighted by Crippen LogP contribution is 2.54. The van der Waals surface area contributed by atoms with Gasteiger partial charge in [-0.3, -0.25) is 13.2 Å². The van der Waals surface area contributed by atoms with Crippen LogP contribution in [-0.2, 0) is 28.8 Å². The molecule has 5 nitrogen and oxygen atoms in total. The molecule has 0 heterocycles. The number of benzene rings is 1. The van der Waals surface area contributed by atoms with Crippen LogP contribution in [0.4, 0.5) is 0 Å². The second-order valence-electron chi connectivity index (χ2n) is 3.17. The third-order valence-electron chi connectivity index (χ3n) is 1.95. The lowest BCUT2D eigenvalue weighted by molar-refractivity contribution is 0.429. The maximum absolute atomic E-state index is 11.8. The van der Waals surface area contributed by atoms with Gasteiger partial charge in [-0.25, -0.2) is 8.42 Å². The lowest BCUT2D eigenvalue weighted by atomic mass is 10.2. The highest BCUT2D eigenvalue weighted by atomic mass is 32.7. The molecule has 0 aromatic heterocycles. The number of hydrogen-bond acceptors (Lipinski definition) is 5. The van der Waals surface area contributed by atoms with Crippen molar-refractivity contribution in [2.45, 2.75) is 11.1 Å². The van der Waals surface area contributed by atoms with E-state index < -0.39 is 17.1 Å². The molecule has 3 unspecified atom stereocenters. The maximum atomic E-state index is 11.8. The topological polar surface area (TPSA) is 69.7 Å². The Kier molecular flexibility index (Phi) is 5.69. The second kappa shape index (κ2) is 6.17. The van der Waals surface area contributed by atoms with E-state index in [1.807, 2.05) is 18.9 Å². The zero-order chi connectivity index (χ0) is 13.1. The van der Waals surface area contributed by atoms with Crippen molar-refractivity contribution in [2.24, 2.45) is 0 Å². The zero-order valence-electron chi connectivity index (χ0n) is 8.65. The van der Waals surface area contributed by atoms with E-state index in [0.29, 0.717) is 5.56 Å². The fourth-order valence-corrected chi connectivity index (χ4v) is 3.99. The lowest BCUT2D eigenvalue weighted by Crippen LogP contribution is -1.92. The first-order chi connectivity index (χ1) is 7.80. The molecule has 0 saturated carbocycles. The van der Waals surface area contributed by atoms with E-state index in [-0.39, 0.29) is 11.1 Å². The second-order valence-corrected chi connectivity index (χ2v) is 9.82. The van der Waals surface area contributed by atoms with Gasteiger partial charge in [-0.15, -0.1) is 0 Å². The van der Waals surface area contributed by atoms with Crippen molar-refractivity contribution >= 4 is 44.4 Å². The molecule has 0 N–H and O–H groups in total. The third kappa shape index (κ3) is 4.65. The number of rotatable bonds is 5. The largest absolute Gasteiger partial charge is 0.340 e. The minimum absolute atomic E-state index is 0.0667. The van der Waals surface area contributed by atoms with Gasteiger partial charge in [-0.2, -0.15) is 0 Å². The molecule has 17 heavy (non-hydrogen) atoms. The molecule has 0 aliphatic rings. The van der Waals surface area contributed by atoms with Crippen molar-refractivity contribution in [3.05, 3.63) is 29.8 Å².